The molecule has 0 fully saturated rings. The highest BCUT2D eigenvalue weighted by atomic mass is 79.9. The second kappa shape index (κ2) is 6.20. The quantitative estimate of drug-likeness (QED) is 0.537. The van der Waals surface area contributed by atoms with Crippen LogP contribution in [0.15, 0.2) is 36.4 Å². The molecule has 1 heterocycles. The maximum Gasteiger partial charge on any atom is 0.340 e. The summed E-state index contributed by atoms with van der Waals surface area (Å²) < 4.78 is 5.11. The molecule has 1 aliphatic heterocycles. The molecule has 0 saturated carbocycles. The summed E-state index contributed by atoms with van der Waals surface area (Å²) in [6, 6.07) is 5.85. The number of carbonyl (C=O) groups is 1. The SMILES string of the molecule is CC.O=C1OC(Br)c2cc(C3=CCCC=C3)ccc21. The van der Waals surface area contributed by atoms with Gasteiger partial charge in [-0.2, -0.15) is 0 Å². The highest BCUT2D eigenvalue weighted by Crippen LogP contribution is 2.37. The topological polar surface area (TPSA) is 26.3 Å². The van der Waals surface area contributed by atoms with Gasteiger partial charge >= 0.3 is 5.97 Å². The predicted octanol–water partition coefficient (Wildman–Crippen LogP) is 5.01. The minimum Gasteiger partial charge on any atom is -0.442 e. The molecule has 19 heavy (non-hydrogen) atoms. The molecule has 100 valence electrons. The fraction of sp³-hybridized carbons (Fsp3) is 0.312. The number of hydrogen-bond acceptors (Lipinski definition) is 2. The highest BCUT2D eigenvalue weighted by molar-refractivity contribution is 9.09. The van der Waals surface area contributed by atoms with E-state index < -0.39 is 0 Å². The van der Waals surface area contributed by atoms with Crippen molar-refractivity contribution >= 4 is 27.5 Å². The molecule has 0 bridgehead atoms. The van der Waals surface area contributed by atoms with Crippen molar-refractivity contribution in [3.05, 3.63) is 53.1 Å². The molecule has 3 rings (SSSR count). The Hall–Kier alpha value is -1.35. The summed E-state index contributed by atoms with van der Waals surface area (Å²) >= 11 is 3.36. The Morgan fingerprint density at radius 2 is 2.05 bits per heavy atom. The molecule has 3 heteroatoms. The van der Waals surface area contributed by atoms with Crippen LogP contribution < -0.4 is 0 Å². The summed E-state index contributed by atoms with van der Waals surface area (Å²) in [4.78, 5) is 11.5. The van der Waals surface area contributed by atoms with Crippen molar-refractivity contribution in [2.75, 3.05) is 0 Å². The van der Waals surface area contributed by atoms with Gasteiger partial charge in [-0.1, -0.05) is 38.1 Å². The molecule has 0 radical (unpaired) electrons. The highest BCUT2D eigenvalue weighted by Gasteiger charge is 2.29. The number of benzene rings is 1. The first kappa shape index (κ1) is 14.1. The number of fused-ring (bicyclic) bond motifs is 1. The molecule has 1 atom stereocenters. The van der Waals surface area contributed by atoms with Gasteiger partial charge in [-0.25, -0.2) is 4.79 Å². The van der Waals surface area contributed by atoms with Crippen molar-refractivity contribution in [2.45, 2.75) is 31.7 Å². The van der Waals surface area contributed by atoms with Crippen LogP contribution in [0.5, 0.6) is 0 Å². The van der Waals surface area contributed by atoms with E-state index in [4.69, 9.17) is 4.74 Å². The third-order valence-corrected chi connectivity index (χ3v) is 3.73. The monoisotopic (exact) mass is 320 g/mol. The van der Waals surface area contributed by atoms with Gasteiger partial charge in [-0.15, -0.1) is 0 Å². The average Bonchev–Trinajstić information content (AvgIpc) is 2.77. The minimum atomic E-state index is -0.307. The summed E-state index contributed by atoms with van der Waals surface area (Å²) in [5.74, 6) is -0.249. The number of ether oxygens (including phenoxy) is 1. The van der Waals surface area contributed by atoms with Crippen molar-refractivity contribution < 1.29 is 9.53 Å². The number of halogens is 1. The fourth-order valence-corrected chi connectivity index (χ4v) is 2.71. The first-order valence-corrected chi connectivity index (χ1v) is 7.53. The van der Waals surface area contributed by atoms with Crippen LogP contribution in [0.2, 0.25) is 0 Å². The molecule has 1 aromatic carbocycles. The van der Waals surface area contributed by atoms with E-state index >= 15 is 0 Å². The van der Waals surface area contributed by atoms with Crippen LogP contribution in [-0.4, -0.2) is 5.97 Å². The smallest absolute Gasteiger partial charge is 0.340 e. The van der Waals surface area contributed by atoms with E-state index in [0.29, 0.717) is 5.56 Å². The van der Waals surface area contributed by atoms with Gasteiger partial charge in [0.2, 0.25) is 0 Å². The number of esters is 1. The molecule has 1 aliphatic carbocycles. The van der Waals surface area contributed by atoms with E-state index in [0.717, 1.165) is 24.0 Å². The Morgan fingerprint density at radius 1 is 1.26 bits per heavy atom. The zero-order valence-corrected chi connectivity index (χ0v) is 12.7. The van der Waals surface area contributed by atoms with Crippen LogP contribution in [-0.2, 0) is 4.74 Å². The largest absolute Gasteiger partial charge is 0.442 e. The minimum absolute atomic E-state index is 0.249. The van der Waals surface area contributed by atoms with Crippen molar-refractivity contribution in [3.8, 4) is 0 Å². The van der Waals surface area contributed by atoms with E-state index in [2.05, 4.69) is 34.2 Å². The van der Waals surface area contributed by atoms with Crippen LogP contribution in [0.3, 0.4) is 0 Å². The zero-order valence-electron chi connectivity index (χ0n) is 11.2. The Kier molecular flexibility index (Phi) is 4.59. The molecule has 2 nitrogen and oxygen atoms in total. The first-order valence-electron chi connectivity index (χ1n) is 6.62. The van der Waals surface area contributed by atoms with Crippen LogP contribution in [0.4, 0.5) is 0 Å². The van der Waals surface area contributed by atoms with Gasteiger partial charge in [0.15, 0.2) is 5.01 Å². The summed E-state index contributed by atoms with van der Waals surface area (Å²) in [6.45, 7) is 4.00. The lowest BCUT2D eigenvalue weighted by atomic mass is 9.96. The maximum atomic E-state index is 11.5. The Bertz CT molecular complexity index is 544. The number of rotatable bonds is 1. The van der Waals surface area contributed by atoms with Gasteiger partial charge in [0, 0.05) is 5.56 Å². The van der Waals surface area contributed by atoms with E-state index in [-0.39, 0.29) is 11.0 Å². The van der Waals surface area contributed by atoms with Gasteiger partial charge in [0.25, 0.3) is 0 Å². The molecule has 0 aromatic heterocycles. The Labute approximate surface area is 122 Å². The lowest BCUT2D eigenvalue weighted by Gasteiger charge is -2.08. The lowest BCUT2D eigenvalue weighted by molar-refractivity contribution is 0.0530. The van der Waals surface area contributed by atoms with Crippen molar-refractivity contribution in [2.24, 2.45) is 0 Å². The van der Waals surface area contributed by atoms with Crippen LogP contribution in [0.25, 0.3) is 5.57 Å². The van der Waals surface area contributed by atoms with Crippen molar-refractivity contribution in [3.63, 3.8) is 0 Å². The van der Waals surface area contributed by atoms with Crippen molar-refractivity contribution in [1.82, 2.24) is 0 Å². The number of carbonyl (C=O) groups excluding carboxylic acids is 1. The molecule has 0 spiro atoms. The van der Waals surface area contributed by atoms with E-state index in [1.165, 1.54) is 5.57 Å². The van der Waals surface area contributed by atoms with Gasteiger partial charge in [0.1, 0.15) is 0 Å². The molecule has 1 aromatic rings. The standard InChI is InChI=1S/C14H11BrO2.C2H6/c15-13-12-8-10(9-4-2-1-3-5-9)6-7-11(12)14(16)17-13;1-2/h2,4-8,13H,1,3H2;1-2H3. The molecular formula is C16H17BrO2. The molecule has 0 amide bonds. The molecule has 0 N–H and O–H groups in total. The second-order valence-corrected chi connectivity index (χ2v) is 4.99. The lowest BCUT2D eigenvalue weighted by Crippen LogP contribution is -1.94. The van der Waals surface area contributed by atoms with Gasteiger partial charge in [0.05, 0.1) is 5.56 Å². The zero-order chi connectivity index (χ0) is 13.8. The second-order valence-electron chi connectivity index (χ2n) is 4.16. The Morgan fingerprint density at radius 3 is 2.74 bits per heavy atom. The molecule has 2 aliphatic rings. The molecular weight excluding hydrogens is 304 g/mol. The van der Waals surface area contributed by atoms with Crippen LogP contribution >= 0.6 is 15.9 Å². The number of hydrogen-bond donors (Lipinski definition) is 0. The van der Waals surface area contributed by atoms with E-state index in [9.17, 15) is 4.79 Å². The summed E-state index contributed by atoms with van der Waals surface area (Å²) in [6.07, 6.45) is 8.72. The molecule has 1 unspecified atom stereocenters. The van der Waals surface area contributed by atoms with Crippen LogP contribution in [0.1, 0.15) is 53.2 Å². The van der Waals surface area contributed by atoms with Crippen LogP contribution in [0, 0.1) is 0 Å². The summed E-state index contributed by atoms with van der Waals surface area (Å²) in [5.41, 5.74) is 3.95. The third-order valence-electron chi connectivity index (χ3n) is 3.05. The summed E-state index contributed by atoms with van der Waals surface area (Å²) in [7, 11) is 0. The summed E-state index contributed by atoms with van der Waals surface area (Å²) in [5, 5.41) is -0.307. The fourth-order valence-electron chi connectivity index (χ4n) is 2.16. The van der Waals surface area contributed by atoms with Gasteiger partial charge in [-0.3, -0.25) is 0 Å². The maximum absolute atomic E-state index is 11.5. The first-order chi connectivity index (χ1) is 9.25. The average molecular weight is 321 g/mol. The predicted molar refractivity (Wildman–Crippen MR) is 81.2 cm³/mol. The van der Waals surface area contributed by atoms with Gasteiger partial charge < -0.3 is 4.74 Å². The Balaban J connectivity index is 0.000000637. The van der Waals surface area contributed by atoms with Crippen molar-refractivity contribution in [1.29, 1.82) is 0 Å². The third kappa shape index (κ3) is 2.81. The number of allylic oxidation sites excluding steroid dienone is 4. The van der Waals surface area contributed by atoms with E-state index in [1.807, 2.05) is 32.0 Å². The van der Waals surface area contributed by atoms with Gasteiger partial charge in [-0.05, 0) is 52.0 Å². The number of alkyl halides is 1. The van der Waals surface area contributed by atoms with E-state index in [1.54, 1.807) is 0 Å². The molecule has 0 saturated heterocycles. The normalized spacial score (nSPS) is 20.1. The number of cyclic esters (lactones) is 1.